The molecule has 0 aliphatic rings. The van der Waals surface area contributed by atoms with Crippen molar-refractivity contribution in [1.29, 1.82) is 0 Å². The zero-order valence-electron chi connectivity index (χ0n) is 15.5. The van der Waals surface area contributed by atoms with Gasteiger partial charge in [0.15, 0.2) is 0 Å². The maximum absolute atomic E-state index is 13.4. The second-order valence-corrected chi connectivity index (χ2v) is 7.22. The van der Waals surface area contributed by atoms with Crippen LogP contribution < -0.4 is 5.32 Å². The van der Waals surface area contributed by atoms with Crippen molar-refractivity contribution in [2.75, 3.05) is 5.32 Å². The second kappa shape index (κ2) is 8.65. The van der Waals surface area contributed by atoms with Gasteiger partial charge in [-0.2, -0.15) is 26.3 Å². The van der Waals surface area contributed by atoms with E-state index in [0.29, 0.717) is 0 Å². The van der Waals surface area contributed by atoms with Crippen LogP contribution in [0.1, 0.15) is 29.5 Å². The van der Waals surface area contributed by atoms with Gasteiger partial charge < -0.3 is 5.32 Å². The Morgan fingerprint density at radius 1 is 1.03 bits per heavy atom. The molecule has 0 saturated carbocycles. The fraction of sp³-hybridized carbons (Fsp3) is 0.350. The van der Waals surface area contributed by atoms with Crippen LogP contribution in [0, 0.1) is 12.8 Å². The molecule has 0 radical (unpaired) electrons. The van der Waals surface area contributed by atoms with Gasteiger partial charge in [-0.05, 0) is 35.7 Å². The van der Waals surface area contributed by atoms with E-state index < -0.39 is 36.5 Å². The summed E-state index contributed by atoms with van der Waals surface area (Å²) in [5.41, 5.74) is 0.746. The van der Waals surface area contributed by atoms with Crippen LogP contribution in [-0.4, -0.2) is 18.3 Å². The molecule has 1 N–H and O–H groups in total. The lowest BCUT2D eigenvalue weighted by Crippen LogP contribution is -2.34. The molecule has 2 unspecified atom stereocenters. The van der Waals surface area contributed by atoms with Gasteiger partial charge in [0.1, 0.15) is 0 Å². The van der Waals surface area contributed by atoms with E-state index in [1.807, 2.05) is 0 Å². The number of aryl methyl sites for hydroxylation is 1. The fourth-order valence-corrected chi connectivity index (χ4v) is 3.04. The molecule has 2 atom stereocenters. The van der Waals surface area contributed by atoms with Crippen molar-refractivity contribution in [2.24, 2.45) is 5.92 Å². The van der Waals surface area contributed by atoms with Gasteiger partial charge in [0.25, 0.3) is 0 Å². The molecule has 9 heteroatoms. The summed E-state index contributed by atoms with van der Waals surface area (Å²) in [7, 11) is 0. The van der Waals surface area contributed by atoms with Gasteiger partial charge in [-0.1, -0.05) is 48.9 Å². The van der Waals surface area contributed by atoms with Crippen molar-refractivity contribution in [3.63, 3.8) is 0 Å². The summed E-state index contributed by atoms with van der Waals surface area (Å²) in [5.74, 6) is -4.68. The summed E-state index contributed by atoms with van der Waals surface area (Å²) < 4.78 is 77.6. The van der Waals surface area contributed by atoms with Gasteiger partial charge in [-0.3, -0.25) is 4.79 Å². The van der Waals surface area contributed by atoms with Crippen molar-refractivity contribution in [3.8, 4) is 0 Å². The van der Waals surface area contributed by atoms with Gasteiger partial charge in [-0.15, -0.1) is 0 Å². The first kappa shape index (κ1) is 23.1. The third kappa shape index (κ3) is 6.39. The van der Waals surface area contributed by atoms with Crippen LogP contribution in [0.4, 0.5) is 32.0 Å². The number of carbonyl (C=O) groups is 1. The standard InChI is InChI=1S/C20H18ClF6NO/c1-11-3-8-15(21)16(9-11)28-18(29)17(12(2)20(25,26)27)14-6-4-13(5-7-14)10-19(22,23)24/h3-9,12,17H,10H2,1-2H3,(H,28,29). The zero-order valence-corrected chi connectivity index (χ0v) is 16.2. The molecule has 2 nitrogen and oxygen atoms in total. The highest BCUT2D eigenvalue weighted by molar-refractivity contribution is 6.33. The highest BCUT2D eigenvalue weighted by Crippen LogP contribution is 2.39. The number of nitrogens with one attached hydrogen (secondary N) is 1. The molecule has 29 heavy (non-hydrogen) atoms. The number of amides is 1. The van der Waals surface area contributed by atoms with Crippen LogP contribution in [0.2, 0.25) is 5.02 Å². The molecule has 2 rings (SSSR count). The minimum atomic E-state index is -4.69. The SMILES string of the molecule is Cc1ccc(Cl)c(NC(=O)C(c2ccc(CC(F)(F)F)cc2)C(C)C(F)(F)F)c1. The molecule has 0 bridgehead atoms. The molecule has 2 aromatic rings. The van der Waals surface area contributed by atoms with Gasteiger partial charge in [0.05, 0.1) is 29.0 Å². The second-order valence-electron chi connectivity index (χ2n) is 6.81. The highest BCUT2D eigenvalue weighted by atomic mass is 35.5. The topological polar surface area (TPSA) is 29.1 Å². The minimum absolute atomic E-state index is 0.0398. The first-order valence-corrected chi connectivity index (χ1v) is 8.95. The third-order valence-corrected chi connectivity index (χ3v) is 4.75. The summed E-state index contributed by atoms with van der Waals surface area (Å²) in [5, 5.41) is 2.56. The molecule has 0 saturated heterocycles. The Morgan fingerprint density at radius 3 is 2.14 bits per heavy atom. The predicted octanol–water partition coefficient (Wildman–Crippen LogP) is 6.67. The molecule has 0 aliphatic carbocycles. The van der Waals surface area contributed by atoms with Crippen LogP contribution in [-0.2, 0) is 11.2 Å². The number of alkyl halides is 6. The predicted molar refractivity (Wildman–Crippen MR) is 99.0 cm³/mol. The number of hydrogen-bond acceptors (Lipinski definition) is 1. The molecule has 2 aromatic carbocycles. The molecular weight excluding hydrogens is 420 g/mol. The summed E-state index contributed by atoms with van der Waals surface area (Å²) in [6, 6.07) is 9.07. The summed E-state index contributed by atoms with van der Waals surface area (Å²) >= 11 is 6.00. The fourth-order valence-electron chi connectivity index (χ4n) is 2.88. The maximum Gasteiger partial charge on any atom is 0.393 e. The van der Waals surface area contributed by atoms with Crippen LogP contribution >= 0.6 is 11.6 Å². The Bertz CT molecular complexity index is 861. The lowest BCUT2D eigenvalue weighted by molar-refractivity contribution is -0.178. The average Bonchev–Trinajstić information content (AvgIpc) is 2.57. The first-order valence-electron chi connectivity index (χ1n) is 8.57. The van der Waals surface area contributed by atoms with Crippen molar-refractivity contribution < 1.29 is 31.1 Å². The smallest absolute Gasteiger partial charge is 0.324 e. The van der Waals surface area contributed by atoms with Crippen LogP contribution in [0.25, 0.3) is 0 Å². The maximum atomic E-state index is 13.4. The Hall–Kier alpha value is -2.22. The monoisotopic (exact) mass is 437 g/mol. The van der Waals surface area contributed by atoms with Gasteiger partial charge in [-0.25, -0.2) is 0 Å². The Balaban J connectivity index is 2.37. The first-order chi connectivity index (χ1) is 13.3. The highest BCUT2D eigenvalue weighted by Gasteiger charge is 2.45. The van der Waals surface area contributed by atoms with Crippen LogP contribution in [0.5, 0.6) is 0 Å². The Labute approximate surface area is 168 Å². The Morgan fingerprint density at radius 2 is 1.62 bits per heavy atom. The summed E-state index contributed by atoms with van der Waals surface area (Å²) in [6.45, 7) is 2.58. The lowest BCUT2D eigenvalue weighted by Gasteiger charge is -2.26. The van der Waals surface area contributed by atoms with Crippen molar-refractivity contribution in [2.45, 2.75) is 38.5 Å². The molecule has 0 fully saturated rings. The van der Waals surface area contributed by atoms with E-state index in [-0.39, 0.29) is 21.8 Å². The van der Waals surface area contributed by atoms with Crippen molar-refractivity contribution in [3.05, 3.63) is 64.2 Å². The number of hydrogen-bond donors (Lipinski definition) is 1. The Kier molecular flexibility index (Phi) is 6.88. The number of anilines is 1. The lowest BCUT2D eigenvalue weighted by atomic mass is 9.85. The number of carbonyl (C=O) groups excluding carboxylic acids is 1. The largest absolute Gasteiger partial charge is 0.393 e. The molecule has 158 valence electrons. The molecule has 0 aromatic heterocycles. The zero-order chi connectivity index (χ0) is 22.0. The van der Waals surface area contributed by atoms with E-state index in [9.17, 15) is 31.1 Å². The number of rotatable bonds is 5. The van der Waals surface area contributed by atoms with Gasteiger partial charge >= 0.3 is 12.4 Å². The van der Waals surface area contributed by atoms with Gasteiger partial charge in [0, 0.05) is 0 Å². The van der Waals surface area contributed by atoms with E-state index in [0.717, 1.165) is 36.8 Å². The molecule has 1 amide bonds. The van der Waals surface area contributed by atoms with Gasteiger partial charge in [0.2, 0.25) is 5.91 Å². The molecule has 0 aliphatic heterocycles. The minimum Gasteiger partial charge on any atom is -0.324 e. The number of halogens is 7. The average molecular weight is 438 g/mol. The summed E-state index contributed by atoms with van der Waals surface area (Å²) in [4.78, 5) is 12.7. The van der Waals surface area contributed by atoms with Crippen LogP contribution in [0.15, 0.2) is 42.5 Å². The van der Waals surface area contributed by atoms with Crippen molar-refractivity contribution in [1.82, 2.24) is 0 Å². The van der Waals surface area contributed by atoms with E-state index in [1.54, 1.807) is 13.0 Å². The normalized spacial score (nSPS) is 14.4. The number of benzene rings is 2. The molecule has 0 heterocycles. The van der Waals surface area contributed by atoms with E-state index in [1.165, 1.54) is 12.1 Å². The quantitative estimate of drug-likeness (QED) is 0.520. The van der Waals surface area contributed by atoms with E-state index in [2.05, 4.69) is 5.32 Å². The van der Waals surface area contributed by atoms with E-state index >= 15 is 0 Å². The molecule has 0 spiro atoms. The van der Waals surface area contributed by atoms with Crippen molar-refractivity contribution >= 4 is 23.2 Å². The van der Waals surface area contributed by atoms with Crippen LogP contribution in [0.3, 0.4) is 0 Å². The summed E-state index contributed by atoms with van der Waals surface area (Å²) in [6.07, 6.45) is -10.3. The molecular formula is C20H18ClF6NO. The van der Waals surface area contributed by atoms with E-state index in [4.69, 9.17) is 11.6 Å². The third-order valence-electron chi connectivity index (χ3n) is 4.42.